The van der Waals surface area contributed by atoms with Crippen molar-refractivity contribution in [1.29, 1.82) is 0 Å². The van der Waals surface area contributed by atoms with Crippen molar-refractivity contribution in [3.05, 3.63) is 23.8 Å². The quantitative estimate of drug-likeness (QED) is 0.671. The predicted molar refractivity (Wildman–Crippen MR) is 109 cm³/mol. The number of ether oxygens (including phenoxy) is 1. The Labute approximate surface area is 172 Å². The minimum atomic E-state index is -0.874. The van der Waals surface area contributed by atoms with Gasteiger partial charge in [-0.3, -0.25) is 4.79 Å². The maximum atomic E-state index is 12.7. The number of piperidine rings is 1. The van der Waals surface area contributed by atoms with Gasteiger partial charge in [0.05, 0.1) is 7.11 Å². The molecule has 3 rings (SSSR count). The molecule has 0 bridgehead atoms. The summed E-state index contributed by atoms with van der Waals surface area (Å²) in [6.45, 7) is 0.764. The van der Waals surface area contributed by atoms with Gasteiger partial charge in [0.2, 0.25) is 5.91 Å². The van der Waals surface area contributed by atoms with Gasteiger partial charge in [-0.15, -0.1) is 0 Å². The molecule has 1 aromatic carbocycles. The fourth-order valence-electron chi connectivity index (χ4n) is 4.74. The van der Waals surface area contributed by atoms with Crippen LogP contribution in [-0.2, 0) is 11.3 Å². The number of carboxylic acid groups (broad SMARTS) is 1. The minimum absolute atomic E-state index is 0.0317. The average Bonchev–Trinajstić information content (AvgIpc) is 2.73. The van der Waals surface area contributed by atoms with E-state index in [9.17, 15) is 19.8 Å². The number of aromatic hydroxyl groups is 1. The number of hydrogen-bond acceptors (Lipinski definition) is 4. The molecule has 1 aromatic rings. The fraction of sp³-hybridized carbons (Fsp3) is 0.636. The second kappa shape index (κ2) is 9.85. The van der Waals surface area contributed by atoms with Crippen molar-refractivity contribution in [2.45, 2.75) is 64.0 Å². The van der Waals surface area contributed by atoms with E-state index in [1.807, 2.05) is 0 Å². The van der Waals surface area contributed by atoms with Crippen LogP contribution in [0.25, 0.3) is 0 Å². The van der Waals surface area contributed by atoms with Gasteiger partial charge in [0, 0.05) is 25.0 Å². The summed E-state index contributed by atoms with van der Waals surface area (Å²) in [7, 11) is 1.49. The van der Waals surface area contributed by atoms with E-state index in [1.165, 1.54) is 39.2 Å². The largest absolute Gasteiger partial charge is 0.504 e. The monoisotopic (exact) mass is 404 g/mol. The number of hydrogen-bond donors (Lipinski definition) is 3. The molecule has 29 heavy (non-hydrogen) atoms. The first-order valence-electron chi connectivity index (χ1n) is 10.6. The van der Waals surface area contributed by atoms with Gasteiger partial charge >= 0.3 is 6.09 Å². The van der Waals surface area contributed by atoms with Gasteiger partial charge < -0.3 is 25.2 Å². The first-order chi connectivity index (χ1) is 14.0. The molecule has 160 valence electrons. The average molecular weight is 405 g/mol. The zero-order valence-corrected chi connectivity index (χ0v) is 17.1. The molecule has 1 aliphatic carbocycles. The van der Waals surface area contributed by atoms with E-state index in [-0.39, 0.29) is 23.6 Å². The molecule has 0 spiro atoms. The number of carbonyl (C=O) groups is 2. The molecule has 1 saturated carbocycles. The summed E-state index contributed by atoms with van der Waals surface area (Å²) in [5, 5.41) is 22.2. The van der Waals surface area contributed by atoms with Crippen LogP contribution in [0.4, 0.5) is 4.79 Å². The van der Waals surface area contributed by atoms with Crippen molar-refractivity contribution in [3.8, 4) is 11.5 Å². The first-order valence-corrected chi connectivity index (χ1v) is 10.6. The van der Waals surface area contributed by atoms with Crippen LogP contribution < -0.4 is 10.1 Å². The Kier molecular flexibility index (Phi) is 7.23. The third-order valence-electron chi connectivity index (χ3n) is 6.37. The Morgan fingerprint density at radius 1 is 1.21 bits per heavy atom. The van der Waals surface area contributed by atoms with Crippen LogP contribution >= 0.6 is 0 Å². The van der Waals surface area contributed by atoms with E-state index in [1.54, 1.807) is 23.1 Å². The lowest BCUT2D eigenvalue weighted by molar-refractivity contribution is -0.127. The van der Waals surface area contributed by atoms with Crippen LogP contribution in [-0.4, -0.2) is 46.8 Å². The van der Waals surface area contributed by atoms with Gasteiger partial charge in [-0.25, -0.2) is 4.79 Å². The van der Waals surface area contributed by atoms with E-state index < -0.39 is 6.09 Å². The Balaban J connectivity index is 1.57. The SMILES string of the molecule is COc1cc(CNC(=O)C2CCN(C(=O)O)C(CC3CCCCC3)C2)ccc1O. The molecule has 0 radical (unpaired) electrons. The van der Waals surface area contributed by atoms with Gasteiger partial charge in [0.1, 0.15) is 0 Å². The van der Waals surface area contributed by atoms with Gasteiger partial charge in [-0.2, -0.15) is 0 Å². The van der Waals surface area contributed by atoms with Crippen molar-refractivity contribution < 1.29 is 24.5 Å². The highest BCUT2D eigenvalue weighted by Gasteiger charge is 2.36. The molecule has 7 nitrogen and oxygen atoms in total. The Morgan fingerprint density at radius 3 is 2.66 bits per heavy atom. The van der Waals surface area contributed by atoms with Crippen molar-refractivity contribution in [2.75, 3.05) is 13.7 Å². The van der Waals surface area contributed by atoms with Crippen molar-refractivity contribution in [3.63, 3.8) is 0 Å². The summed E-state index contributed by atoms with van der Waals surface area (Å²) in [6, 6.07) is 4.92. The number of benzene rings is 1. The highest BCUT2D eigenvalue weighted by molar-refractivity contribution is 5.79. The van der Waals surface area contributed by atoms with Crippen molar-refractivity contribution in [2.24, 2.45) is 11.8 Å². The summed E-state index contributed by atoms with van der Waals surface area (Å²) < 4.78 is 5.11. The molecular weight excluding hydrogens is 372 g/mol. The van der Waals surface area contributed by atoms with Crippen molar-refractivity contribution in [1.82, 2.24) is 10.2 Å². The zero-order chi connectivity index (χ0) is 20.8. The molecule has 2 atom stereocenters. The smallest absolute Gasteiger partial charge is 0.407 e. The van der Waals surface area contributed by atoms with Crippen LogP contribution in [0.2, 0.25) is 0 Å². The molecular formula is C22H32N2O5. The summed E-state index contributed by atoms with van der Waals surface area (Å²) in [6.07, 6.45) is 7.20. The highest BCUT2D eigenvalue weighted by atomic mass is 16.5. The first kappa shape index (κ1) is 21.3. The maximum Gasteiger partial charge on any atom is 0.407 e. The maximum absolute atomic E-state index is 12.7. The predicted octanol–water partition coefficient (Wildman–Crippen LogP) is 3.75. The minimum Gasteiger partial charge on any atom is -0.504 e. The number of rotatable bonds is 6. The summed E-state index contributed by atoms with van der Waals surface area (Å²) in [4.78, 5) is 26.0. The second-order valence-electron chi connectivity index (χ2n) is 8.31. The lowest BCUT2D eigenvalue weighted by atomic mass is 9.80. The van der Waals surface area contributed by atoms with E-state index in [0.29, 0.717) is 37.6 Å². The third kappa shape index (κ3) is 5.55. The molecule has 7 heteroatoms. The standard InChI is InChI=1S/C22H32N2O5/c1-29-20-12-16(7-8-19(20)25)14-23-21(26)17-9-10-24(22(27)28)18(13-17)11-15-5-3-2-4-6-15/h7-8,12,15,17-18,25H,2-6,9-11,13-14H2,1H3,(H,23,26)(H,27,28). The lowest BCUT2D eigenvalue weighted by Crippen LogP contribution is -2.49. The number of phenolic OH excluding ortho intramolecular Hbond substituents is 1. The van der Waals surface area contributed by atoms with Crippen LogP contribution in [0.3, 0.4) is 0 Å². The molecule has 2 fully saturated rings. The lowest BCUT2D eigenvalue weighted by Gasteiger charge is -2.39. The molecule has 3 N–H and O–H groups in total. The van der Waals surface area contributed by atoms with Gasteiger partial charge in [0.15, 0.2) is 11.5 Å². The summed E-state index contributed by atoms with van der Waals surface area (Å²) >= 11 is 0. The number of amides is 2. The highest BCUT2D eigenvalue weighted by Crippen LogP contribution is 2.33. The van der Waals surface area contributed by atoms with Crippen LogP contribution in [0, 0.1) is 11.8 Å². The normalized spacial score (nSPS) is 22.9. The molecule has 2 amide bonds. The van der Waals surface area contributed by atoms with Crippen LogP contribution in [0.15, 0.2) is 18.2 Å². The molecule has 2 unspecified atom stereocenters. The topological polar surface area (TPSA) is 99.1 Å². The Morgan fingerprint density at radius 2 is 1.97 bits per heavy atom. The van der Waals surface area contributed by atoms with Gasteiger partial charge in [-0.05, 0) is 42.9 Å². The van der Waals surface area contributed by atoms with E-state index >= 15 is 0 Å². The Hall–Kier alpha value is -2.44. The molecule has 2 aliphatic rings. The number of phenols is 1. The molecule has 1 aliphatic heterocycles. The van der Waals surface area contributed by atoms with E-state index in [0.717, 1.165) is 12.0 Å². The summed E-state index contributed by atoms with van der Waals surface area (Å²) in [5.74, 6) is 0.809. The number of nitrogens with one attached hydrogen (secondary N) is 1. The second-order valence-corrected chi connectivity index (χ2v) is 8.31. The summed E-state index contributed by atoms with van der Waals surface area (Å²) in [5.41, 5.74) is 0.842. The third-order valence-corrected chi connectivity index (χ3v) is 6.37. The molecule has 0 aromatic heterocycles. The Bertz CT molecular complexity index is 717. The number of nitrogens with zero attached hydrogens (tertiary/aromatic N) is 1. The van der Waals surface area contributed by atoms with Gasteiger partial charge in [0.25, 0.3) is 0 Å². The van der Waals surface area contributed by atoms with Gasteiger partial charge in [-0.1, -0.05) is 38.2 Å². The number of carbonyl (C=O) groups excluding carboxylic acids is 1. The fourth-order valence-corrected chi connectivity index (χ4v) is 4.74. The number of likely N-dealkylation sites (tertiary alicyclic amines) is 1. The van der Waals surface area contributed by atoms with E-state index in [4.69, 9.17) is 4.74 Å². The van der Waals surface area contributed by atoms with Crippen LogP contribution in [0.1, 0.15) is 56.9 Å². The molecule has 1 heterocycles. The zero-order valence-electron chi connectivity index (χ0n) is 17.1. The molecule has 1 saturated heterocycles. The van der Waals surface area contributed by atoms with E-state index in [2.05, 4.69) is 5.32 Å². The van der Waals surface area contributed by atoms with Crippen molar-refractivity contribution >= 4 is 12.0 Å². The van der Waals surface area contributed by atoms with Crippen LogP contribution in [0.5, 0.6) is 11.5 Å². The number of methoxy groups -OCH3 is 1.